The third-order valence-corrected chi connectivity index (χ3v) is 5.89. The van der Waals surface area contributed by atoms with E-state index in [1.165, 1.54) is 0 Å². The second-order valence-electron chi connectivity index (χ2n) is 7.25. The van der Waals surface area contributed by atoms with E-state index < -0.39 is 0 Å². The van der Waals surface area contributed by atoms with E-state index in [1.807, 2.05) is 48.6 Å². The Morgan fingerprint density at radius 1 is 1.28 bits per heavy atom. The largest absolute Gasteiger partial charge is 0.356 e. The summed E-state index contributed by atoms with van der Waals surface area (Å²) in [6, 6.07) is 6.49. The second kappa shape index (κ2) is 11.0. The van der Waals surface area contributed by atoms with Gasteiger partial charge in [-0.3, -0.25) is 0 Å². The molecule has 2 N–H and O–H groups in total. The average Bonchev–Trinajstić information content (AvgIpc) is 3.08. The first-order chi connectivity index (χ1) is 14.2. The summed E-state index contributed by atoms with van der Waals surface area (Å²) in [4.78, 5) is 11.6. The van der Waals surface area contributed by atoms with Gasteiger partial charge in [0.05, 0.1) is 0 Å². The van der Waals surface area contributed by atoms with Crippen LogP contribution in [-0.2, 0) is 13.6 Å². The summed E-state index contributed by atoms with van der Waals surface area (Å²) >= 11 is 1.87. The van der Waals surface area contributed by atoms with Crippen LogP contribution in [0.4, 0.5) is 5.82 Å². The van der Waals surface area contributed by atoms with Crippen LogP contribution < -0.4 is 15.5 Å². The van der Waals surface area contributed by atoms with Crippen LogP contribution in [0.25, 0.3) is 0 Å². The van der Waals surface area contributed by atoms with Crippen LogP contribution in [0, 0.1) is 6.92 Å². The molecule has 2 aromatic rings. The molecule has 0 aromatic carbocycles. The van der Waals surface area contributed by atoms with Crippen molar-refractivity contribution in [2.45, 2.75) is 38.8 Å². The maximum absolute atomic E-state index is 4.78. The quantitative estimate of drug-likeness (QED) is 0.387. The number of aryl methyl sites for hydroxylation is 1. The summed E-state index contributed by atoms with van der Waals surface area (Å²) in [6.07, 6.45) is 7.23. The molecule has 9 heteroatoms. The van der Waals surface area contributed by atoms with Crippen molar-refractivity contribution in [3.8, 4) is 0 Å². The van der Waals surface area contributed by atoms with Gasteiger partial charge in [0.2, 0.25) is 0 Å². The van der Waals surface area contributed by atoms with Gasteiger partial charge in [-0.25, -0.2) is 9.98 Å². The number of anilines is 1. The molecule has 8 nitrogen and oxygen atoms in total. The molecule has 0 unspecified atom stereocenters. The highest BCUT2D eigenvalue weighted by molar-refractivity contribution is 7.98. The Balaban J connectivity index is 1.56. The number of nitrogens with zero attached hydrogens (tertiary/aromatic N) is 6. The Morgan fingerprint density at radius 3 is 2.76 bits per heavy atom. The minimum absolute atomic E-state index is 0.406. The zero-order chi connectivity index (χ0) is 20.5. The normalized spacial score (nSPS) is 15.6. The van der Waals surface area contributed by atoms with Crippen LogP contribution in [0.15, 0.2) is 29.4 Å². The van der Waals surface area contributed by atoms with E-state index in [0.717, 1.165) is 68.1 Å². The fourth-order valence-corrected chi connectivity index (χ4v) is 3.73. The molecule has 1 saturated heterocycles. The van der Waals surface area contributed by atoms with Gasteiger partial charge in [-0.15, -0.1) is 10.2 Å². The van der Waals surface area contributed by atoms with Crippen LogP contribution in [-0.4, -0.2) is 63.4 Å². The monoisotopic (exact) mass is 416 g/mol. The average molecular weight is 417 g/mol. The summed E-state index contributed by atoms with van der Waals surface area (Å²) in [5.41, 5.74) is 0. The van der Waals surface area contributed by atoms with Gasteiger partial charge in [-0.2, -0.15) is 11.8 Å². The van der Waals surface area contributed by atoms with Crippen molar-refractivity contribution >= 4 is 23.5 Å². The minimum atomic E-state index is 0.406. The molecule has 0 saturated carbocycles. The van der Waals surface area contributed by atoms with E-state index in [9.17, 15) is 0 Å². The standard InChI is InChI=1S/C20H32N8S/c1-16-25-26-19(27(16)2)15-23-20(22-11-6-14-29-3)24-17-8-12-28(13-9-17)18-7-4-5-10-21-18/h4-5,7,10,17H,6,8-9,11-15H2,1-3H3,(H2,22,23,24). The third-order valence-electron chi connectivity index (χ3n) is 5.19. The molecule has 0 aliphatic carbocycles. The highest BCUT2D eigenvalue weighted by atomic mass is 32.2. The number of piperidine rings is 1. The fraction of sp³-hybridized carbons (Fsp3) is 0.600. The van der Waals surface area contributed by atoms with Crippen molar-refractivity contribution in [3.63, 3.8) is 0 Å². The molecule has 1 aliphatic heterocycles. The number of nitrogens with one attached hydrogen (secondary N) is 2. The summed E-state index contributed by atoms with van der Waals surface area (Å²) in [6.45, 7) is 5.38. The van der Waals surface area contributed by atoms with Gasteiger partial charge in [-0.1, -0.05) is 6.07 Å². The molecule has 1 fully saturated rings. The van der Waals surface area contributed by atoms with Crippen LogP contribution in [0.3, 0.4) is 0 Å². The third kappa shape index (κ3) is 6.35. The number of hydrogen-bond acceptors (Lipinski definition) is 6. The van der Waals surface area contributed by atoms with Gasteiger partial charge < -0.3 is 20.1 Å². The summed E-state index contributed by atoms with van der Waals surface area (Å²) < 4.78 is 1.99. The number of hydrogen-bond donors (Lipinski definition) is 2. The van der Waals surface area contributed by atoms with Crippen molar-refractivity contribution in [1.29, 1.82) is 0 Å². The maximum atomic E-state index is 4.78. The first-order valence-corrected chi connectivity index (χ1v) is 11.6. The van der Waals surface area contributed by atoms with Crippen LogP contribution in [0.2, 0.25) is 0 Å². The lowest BCUT2D eigenvalue weighted by Crippen LogP contribution is -2.49. The molecule has 158 valence electrons. The summed E-state index contributed by atoms with van der Waals surface area (Å²) in [5, 5.41) is 15.5. The zero-order valence-corrected chi connectivity index (χ0v) is 18.5. The Morgan fingerprint density at radius 2 is 2.10 bits per heavy atom. The molecule has 1 aliphatic rings. The number of thioether (sulfide) groups is 1. The highest BCUT2D eigenvalue weighted by Crippen LogP contribution is 2.17. The number of rotatable bonds is 8. The smallest absolute Gasteiger partial charge is 0.191 e. The van der Waals surface area contributed by atoms with Crippen LogP contribution >= 0.6 is 11.8 Å². The Kier molecular flexibility index (Phi) is 8.15. The molecule has 0 atom stereocenters. The second-order valence-corrected chi connectivity index (χ2v) is 8.24. The Hall–Kier alpha value is -2.29. The van der Waals surface area contributed by atoms with Crippen molar-refractivity contribution in [2.24, 2.45) is 12.0 Å². The Bertz CT molecular complexity index is 768. The molecule has 3 rings (SSSR count). The van der Waals surface area contributed by atoms with Gasteiger partial charge in [0, 0.05) is 38.9 Å². The summed E-state index contributed by atoms with van der Waals surface area (Å²) in [7, 11) is 1.98. The lowest BCUT2D eigenvalue weighted by Gasteiger charge is -2.33. The lowest BCUT2D eigenvalue weighted by atomic mass is 10.1. The van der Waals surface area contributed by atoms with Crippen molar-refractivity contribution in [2.75, 3.05) is 36.5 Å². The van der Waals surface area contributed by atoms with Crippen LogP contribution in [0.1, 0.15) is 30.9 Å². The van der Waals surface area contributed by atoms with Crippen molar-refractivity contribution in [3.05, 3.63) is 36.0 Å². The van der Waals surface area contributed by atoms with E-state index in [4.69, 9.17) is 4.99 Å². The van der Waals surface area contributed by atoms with Gasteiger partial charge >= 0.3 is 0 Å². The van der Waals surface area contributed by atoms with E-state index in [2.05, 4.69) is 43.0 Å². The number of pyridine rings is 1. The molecule has 0 amide bonds. The predicted octanol–water partition coefficient (Wildman–Crippen LogP) is 1.98. The molecule has 0 spiro atoms. The van der Waals surface area contributed by atoms with Gasteiger partial charge in [0.1, 0.15) is 18.2 Å². The molecule has 29 heavy (non-hydrogen) atoms. The number of guanidine groups is 1. The summed E-state index contributed by atoms with van der Waals surface area (Å²) in [5.74, 6) is 4.85. The molecular formula is C20H32N8S. The van der Waals surface area contributed by atoms with E-state index in [1.54, 1.807) is 0 Å². The molecule has 3 heterocycles. The van der Waals surface area contributed by atoms with Crippen molar-refractivity contribution in [1.82, 2.24) is 30.4 Å². The van der Waals surface area contributed by atoms with E-state index in [0.29, 0.717) is 12.6 Å². The molecule has 0 bridgehead atoms. The fourth-order valence-electron chi connectivity index (χ4n) is 3.30. The highest BCUT2D eigenvalue weighted by Gasteiger charge is 2.21. The van der Waals surface area contributed by atoms with Gasteiger partial charge in [0.15, 0.2) is 11.8 Å². The Labute approximate surface area is 177 Å². The van der Waals surface area contributed by atoms with Gasteiger partial charge in [0.25, 0.3) is 0 Å². The van der Waals surface area contributed by atoms with Gasteiger partial charge in [-0.05, 0) is 50.3 Å². The lowest BCUT2D eigenvalue weighted by molar-refractivity contribution is 0.459. The van der Waals surface area contributed by atoms with E-state index >= 15 is 0 Å². The predicted molar refractivity (Wildman–Crippen MR) is 120 cm³/mol. The first kappa shape index (κ1) is 21.4. The number of aromatic nitrogens is 4. The van der Waals surface area contributed by atoms with E-state index in [-0.39, 0.29) is 0 Å². The maximum Gasteiger partial charge on any atom is 0.191 e. The minimum Gasteiger partial charge on any atom is -0.356 e. The first-order valence-electron chi connectivity index (χ1n) is 10.2. The van der Waals surface area contributed by atoms with Crippen molar-refractivity contribution < 1.29 is 0 Å². The number of aliphatic imine (C=N–C) groups is 1. The van der Waals surface area contributed by atoms with Crippen LogP contribution in [0.5, 0.6) is 0 Å². The topological polar surface area (TPSA) is 83.3 Å². The SMILES string of the molecule is CSCCCNC(=NCc1nnc(C)n1C)NC1CCN(c2ccccn2)CC1. The molecular weight excluding hydrogens is 384 g/mol. The zero-order valence-electron chi connectivity index (χ0n) is 17.6. The molecule has 0 radical (unpaired) electrons. The molecule has 2 aromatic heterocycles.